The van der Waals surface area contributed by atoms with Crippen LogP contribution in [-0.2, 0) is 16.0 Å². The van der Waals surface area contributed by atoms with Gasteiger partial charge in [0.05, 0.1) is 0 Å². The molecule has 0 heterocycles. The molecule has 1 rings (SSSR count). The summed E-state index contributed by atoms with van der Waals surface area (Å²) in [4.78, 5) is 23.6. The highest BCUT2D eigenvalue weighted by Gasteiger charge is 2.19. The first kappa shape index (κ1) is 29.9. The van der Waals surface area contributed by atoms with Gasteiger partial charge in [-0.15, -0.1) is 0 Å². The summed E-state index contributed by atoms with van der Waals surface area (Å²) >= 11 is 0. The van der Waals surface area contributed by atoms with Crippen molar-refractivity contribution in [3.8, 4) is 0 Å². The number of hydrogen-bond acceptors (Lipinski definition) is 2. The molecule has 0 spiro atoms. The predicted octanol–water partition coefficient (Wildman–Crippen LogP) is 7.50. The Morgan fingerprint density at radius 2 is 1.31 bits per heavy atom. The molecule has 0 saturated heterocycles. The number of nitrogens with one attached hydrogen (secondary N) is 1. The minimum Gasteiger partial charge on any atom is -0.480 e. The molecule has 0 aliphatic carbocycles. The minimum absolute atomic E-state index is 0.191. The number of aliphatic carboxylic acids is 1. The Kier molecular flexibility index (Phi) is 18.3. The molecule has 0 unspecified atom stereocenters. The number of carbonyl (C=O) groups is 2. The van der Waals surface area contributed by atoms with Crippen molar-refractivity contribution in [2.24, 2.45) is 0 Å². The van der Waals surface area contributed by atoms with Crippen molar-refractivity contribution in [2.75, 3.05) is 0 Å². The Labute approximate surface area is 212 Å². The summed E-state index contributed by atoms with van der Waals surface area (Å²) in [6.45, 7) is 2.15. The molecule has 0 bridgehead atoms. The van der Waals surface area contributed by atoms with Gasteiger partial charge in [-0.25, -0.2) is 4.79 Å². The summed E-state index contributed by atoms with van der Waals surface area (Å²) in [5, 5.41) is 12.0. The lowest BCUT2D eigenvalue weighted by Crippen LogP contribution is -2.42. The van der Waals surface area contributed by atoms with Crippen molar-refractivity contribution >= 4 is 11.9 Å². The lowest BCUT2D eigenvalue weighted by Gasteiger charge is -2.14. The zero-order valence-corrected chi connectivity index (χ0v) is 21.3. The highest BCUT2D eigenvalue weighted by molar-refractivity contribution is 5.83. The van der Waals surface area contributed by atoms with Crippen molar-refractivity contribution in [3.63, 3.8) is 0 Å². The highest BCUT2D eigenvalue weighted by Crippen LogP contribution is 2.07. The van der Waals surface area contributed by atoms with Crippen molar-refractivity contribution in [3.05, 3.63) is 96.7 Å². The van der Waals surface area contributed by atoms with E-state index in [0.29, 0.717) is 12.8 Å². The lowest BCUT2D eigenvalue weighted by molar-refractivity contribution is -0.141. The zero-order valence-electron chi connectivity index (χ0n) is 21.3. The topological polar surface area (TPSA) is 66.4 Å². The number of hydrogen-bond donors (Lipinski definition) is 2. The van der Waals surface area contributed by atoms with Crippen LogP contribution in [0.5, 0.6) is 0 Å². The Morgan fingerprint density at radius 3 is 1.86 bits per heavy atom. The van der Waals surface area contributed by atoms with E-state index >= 15 is 0 Å². The fourth-order valence-electron chi connectivity index (χ4n) is 3.41. The quantitative estimate of drug-likeness (QED) is 0.160. The van der Waals surface area contributed by atoms with Gasteiger partial charge in [-0.3, -0.25) is 4.79 Å². The summed E-state index contributed by atoms with van der Waals surface area (Å²) in [5.41, 5.74) is 0.900. The van der Waals surface area contributed by atoms with E-state index in [9.17, 15) is 14.7 Å². The summed E-state index contributed by atoms with van der Waals surface area (Å²) in [5.74, 6) is -1.19. The molecule has 1 aromatic rings. The maximum Gasteiger partial charge on any atom is 0.326 e. The third kappa shape index (κ3) is 17.9. The van der Waals surface area contributed by atoms with Crippen molar-refractivity contribution < 1.29 is 14.7 Å². The molecule has 2 N–H and O–H groups in total. The van der Waals surface area contributed by atoms with Crippen molar-refractivity contribution in [1.82, 2.24) is 5.32 Å². The Bertz CT molecular complexity index is 834. The van der Waals surface area contributed by atoms with Crippen LogP contribution in [0, 0.1) is 0 Å². The average molecular weight is 478 g/mol. The first-order valence-corrected chi connectivity index (χ1v) is 12.9. The molecule has 0 aliphatic heterocycles. The highest BCUT2D eigenvalue weighted by atomic mass is 16.4. The van der Waals surface area contributed by atoms with E-state index in [-0.39, 0.29) is 5.91 Å². The van der Waals surface area contributed by atoms with Gasteiger partial charge in [0.25, 0.3) is 0 Å². The van der Waals surface area contributed by atoms with Gasteiger partial charge in [0.2, 0.25) is 5.91 Å². The number of amides is 1. The standard InChI is InChI=1S/C31H43NO3/c1-2-3-4-5-6-7-8-9-10-11-12-13-14-15-16-17-18-19-23-26-30(33)32-29(31(34)35)27-28-24-21-20-22-25-28/h3-4,6-7,9-10,12-13,15-16,20-22,24-25,29H,2,5,8,11,14,17-19,23,26-27H2,1H3,(H,32,33)(H,34,35)/b4-3-,7-6-,10-9-,13-12-,16-15-/t29-/m0/s1. The SMILES string of the molecule is CC/C=C\C/C=C\C/C=C\C/C=C\C/C=C\CCCCCC(=O)N[C@@H](Cc1ccccc1)C(=O)O. The molecule has 4 heteroatoms. The molecular formula is C31H43NO3. The normalized spacial score (nSPS) is 13.1. The molecule has 1 aromatic carbocycles. The molecule has 35 heavy (non-hydrogen) atoms. The fourth-order valence-corrected chi connectivity index (χ4v) is 3.41. The second kappa shape index (κ2) is 21.4. The Hall–Kier alpha value is -3.14. The zero-order chi connectivity index (χ0) is 25.4. The van der Waals surface area contributed by atoms with Crippen molar-refractivity contribution in [2.45, 2.75) is 83.6 Å². The third-order valence-electron chi connectivity index (χ3n) is 5.35. The number of benzene rings is 1. The average Bonchev–Trinajstić information content (AvgIpc) is 2.85. The van der Waals surface area contributed by atoms with Gasteiger partial charge in [-0.2, -0.15) is 0 Å². The van der Waals surface area contributed by atoms with Gasteiger partial charge in [0.1, 0.15) is 6.04 Å². The van der Waals surface area contributed by atoms with Crippen LogP contribution in [0.3, 0.4) is 0 Å². The van der Waals surface area contributed by atoms with Gasteiger partial charge in [0, 0.05) is 12.8 Å². The summed E-state index contributed by atoms with van der Waals surface area (Å²) in [7, 11) is 0. The van der Waals surface area contributed by atoms with Crippen LogP contribution in [-0.4, -0.2) is 23.0 Å². The molecule has 0 fully saturated rings. The molecule has 1 atom stereocenters. The minimum atomic E-state index is -0.999. The smallest absolute Gasteiger partial charge is 0.326 e. The van der Waals surface area contributed by atoms with Gasteiger partial charge < -0.3 is 10.4 Å². The number of unbranched alkanes of at least 4 members (excludes halogenated alkanes) is 3. The summed E-state index contributed by atoms with van der Waals surface area (Å²) in [6.07, 6.45) is 31.4. The van der Waals surface area contributed by atoms with Crippen LogP contribution in [0.1, 0.15) is 76.7 Å². The molecule has 0 saturated carbocycles. The van der Waals surface area contributed by atoms with Crippen LogP contribution < -0.4 is 5.32 Å². The summed E-state index contributed by atoms with van der Waals surface area (Å²) < 4.78 is 0. The van der Waals surface area contributed by atoms with Crippen LogP contribution in [0.2, 0.25) is 0 Å². The molecular weight excluding hydrogens is 434 g/mol. The van der Waals surface area contributed by atoms with E-state index in [1.54, 1.807) is 0 Å². The maximum atomic E-state index is 12.1. The van der Waals surface area contributed by atoms with E-state index in [1.165, 1.54) is 0 Å². The molecule has 0 aliphatic rings. The molecule has 0 aromatic heterocycles. The van der Waals surface area contributed by atoms with E-state index in [1.807, 2.05) is 30.3 Å². The molecule has 0 radical (unpaired) electrons. The third-order valence-corrected chi connectivity index (χ3v) is 5.35. The van der Waals surface area contributed by atoms with Crippen LogP contribution in [0.15, 0.2) is 91.1 Å². The predicted molar refractivity (Wildman–Crippen MR) is 147 cm³/mol. The summed E-state index contributed by atoms with van der Waals surface area (Å²) in [6, 6.07) is 8.48. The van der Waals surface area contributed by atoms with Crippen LogP contribution in [0.25, 0.3) is 0 Å². The number of carboxylic acid groups (broad SMARTS) is 1. The van der Waals surface area contributed by atoms with Gasteiger partial charge >= 0.3 is 5.97 Å². The lowest BCUT2D eigenvalue weighted by atomic mass is 10.1. The number of carbonyl (C=O) groups excluding carboxylic acids is 1. The Morgan fingerprint density at radius 1 is 0.771 bits per heavy atom. The largest absolute Gasteiger partial charge is 0.480 e. The second-order valence-electron chi connectivity index (χ2n) is 8.46. The molecule has 190 valence electrons. The number of allylic oxidation sites excluding steroid dienone is 10. The van der Waals surface area contributed by atoms with Gasteiger partial charge in [-0.1, -0.05) is 104 Å². The molecule has 1 amide bonds. The van der Waals surface area contributed by atoms with Crippen LogP contribution >= 0.6 is 0 Å². The van der Waals surface area contributed by atoms with Crippen LogP contribution in [0.4, 0.5) is 0 Å². The number of rotatable bonds is 19. The first-order chi connectivity index (χ1) is 17.1. The maximum absolute atomic E-state index is 12.1. The van der Waals surface area contributed by atoms with E-state index in [4.69, 9.17) is 0 Å². The monoisotopic (exact) mass is 477 g/mol. The molecule has 4 nitrogen and oxygen atoms in total. The second-order valence-corrected chi connectivity index (χ2v) is 8.46. The first-order valence-electron chi connectivity index (χ1n) is 12.9. The Balaban J connectivity index is 2.04. The van der Waals surface area contributed by atoms with Gasteiger partial charge in [-0.05, 0) is 56.9 Å². The van der Waals surface area contributed by atoms with Crippen molar-refractivity contribution in [1.29, 1.82) is 0 Å². The number of carboxylic acids is 1. The van der Waals surface area contributed by atoms with E-state index < -0.39 is 12.0 Å². The van der Waals surface area contributed by atoms with E-state index in [0.717, 1.165) is 63.4 Å². The van der Waals surface area contributed by atoms with Gasteiger partial charge in [0.15, 0.2) is 0 Å². The van der Waals surface area contributed by atoms with E-state index in [2.05, 4.69) is 73.0 Å². The fraction of sp³-hybridized carbons (Fsp3) is 0.419.